The summed E-state index contributed by atoms with van der Waals surface area (Å²) in [6.07, 6.45) is 1.27. The van der Waals surface area contributed by atoms with Gasteiger partial charge in [-0.25, -0.2) is 0 Å². The smallest absolute Gasteiger partial charge is 0.161 e. The Kier molecular flexibility index (Phi) is 5.85. The van der Waals surface area contributed by atoms with Gasteiger partial charge in [-0.15, -0.1) is 0 Å². The van der Waals surface area contributed by atoms with Crippen molar-refractivity contribution in [3.8, 4) is 11.5 Å². The van der Waals surface area contributed by atoms with E-state index in [4.69, 9.17) is 15.2 Å². The standard InChI is InChI=1S/C16H26N2O3/c1-11(8-12(2)19)18-14(10-17)13-4-5-15-16(9-13)21-7-3-6-20-15/h4-5,9,11-12,14,18-19H,3,6-8,10,17H2,1-2H3. The molecule has 1 aliphatic heterocycles. The van der Waals surface area contributed by atoms with Crippen molar-refractivity contribution in [2.24, 2.45) is 5.73 Å². The molecular weight excluding hydrogens is 268 g/mol. The van der Waals surface area contributed by atoms with Gasteiger partial charge in [-0.3, -0.25) is 0 Å². The van der Waals surface area contributed by atoms with Crippen LogP contribution in [-0.2, 0) is 0 Å². The van der Waals surface area contributed by atoms with Gasteiger partial charge in [-0.2, -0.15) is 0 Å². The second-order valence-corrected chi connectivity index (χ2v) is 5.70. The maximum atomic E-state index is 9.46. The molecule has 1 aromatic rings. The predicted molar refractivity (Wildman–Crippen MR) is 82.7 cm³/mol. The van der Waals surface area contributed by atoms with Crippen LogP contribution in [0.25, 0.3) is 0 Å². The van der Waals surface area contributed by atoms with Gasteiger partial charge >= 0.3 is 0 Å². The molecule has 0 amide bonds. The van der Waals surface area contributed by atoms with E-state index in [-0.39, 0.29) is 18.2 Å². The van der Waals surface area contributed by atoms with Crippen LogP contribution >= 0.6 is 0 Å². The molecule has 4 N–H and O–H groups in total. The minimum Gasteiger partial charge on any atom is -0.490 e. The van der Waals surface area contributed by atoms with E-state index in [9.17, 15) is 5.11 Å². The average Bonchev–Trinajstić information content (AvgIpc) is 2.68. The molecule has 0 saturated heterocycles. The number of aliphatic hydroxyl groups excluding tert-OH is 1. The summed E-state index contributed by atoms with van der Waals surface area (Å²) >= 11 is 0. The number of nitrogens with one attached hydrogen (secondary N) is 1. The lowest BCUT2D eigenvalue weighted by Gasteiger charge is -2.24. The summed E-state index contributed by atoms with van der Waals surface area (Å²) in [6.45, 7) is 5.71. The van der Waals surface area contributed by atoms with Gasteiger partial charge in [0.15, 0.2) is 11.5 Å². The van der Waals surface area contributed by atoms with Gasteiger partial charge in [-0.05, 0) is 38.0 Å². The maximum absolute atomic E-state index is 9.46. The molecule has 21 heavy (non-hydrogen) atoms. The molecule has 0 bridgehead atoms. The van der Waals surface area contributed by atoms with Crippen LogP contribution in [0.4, 0.5) is 0 Å². The van der Waals surface area contributed by atoms with Crippen molar-refractivity contribution in [2.75, 3.05) is 19.8 Å². The van der Waals surface area contributed by atoms with Crippen molar-refractivity contribution < 1.29 is 14.6 Å². The highest BCUT2D eigenvalue weighted by Gasteiger charge is 2.17. The lowest BCUT2D eigenvalue weighted by Crippen LogP contribution is -2.36. The van der Waals surface area contributed by atoms with Crippen LogP contribution in [0.3, 0.4) is 0 Å². The molecule has 2 rings (SSSR count). The van der Waals surface area contributed by atoms with Crippen molar-refractivity contribution in [3.63, 3.8) is 0 Å². The Labute approximate surface area is 126 Å². The molecule has 0 saturated carbocycles. The van der Waals surface area contributed by atoms with Crippen LogP contribution in [0, 0.1) is 0 Å². The van der Waals surface area contributed by atoms with Crippen LogP contribution in [0.1, 0.15) is 38.3 Å². The highest BCUT2D eigenvalue weighted by molar-refractivity contribution is 5.44. The van der Waals surface area contributed by atoms with Crippen LogP contribution in [0.2, 0.25) is 0 Å². The summed E-state index contributed by atoms with van der Waals surface area (Å²) in [6, 6.07) is 6.19. The Morgan fingerprint density at radius 3 is 2.62 bits per heavy atom. The lowest BCUT2D eigenvalue weighted by atomic mass is 10.0. The highest BCUT2D eigenvalue weighted by atomic mass is 16.5. The van der Waals surface area contributed by atoms with Gasteiger partial charge in [0.2, 0.25) is 0 Å². The molecule has 5 nitrogen and oxygen atoms in total. The normalized spacial score (nSPS) is 18.7. The van der Waals surface area contributed by atoms with E-state index in [2.05, 4.69) is 12.2 Å². The number of nitrogens with two attached hydrogens (primary N) is 1. The van der Waals surface area contributed by atoms with Crippen LogP contribution in [-0.4, -0.2) is 37.0 Å². The van der Waals surface area contributed by atoms with Gasteiger partial charge in [0.1, 0.15) is 0 Å². The van der Waals surface area contributed by atoms with E-state index in [1.165, 1.54) is 0 Å². The summed E-state index contributed by atoms with van der Waals surface area (Å²) in [5.74, 6) is 1.58. The Morgan fingerprint density at radius 1 is 1.24 bits per heavy atom. The second-order valence-electron chi connectivity index (χ2n) is 5.70. The molecule has 0 spiro atoms. The van der Waals surface area contributed by atoms with E-state index in [0.29, 0.717) is 26.2 Å². The van der Waals surface area contributed by atoms with Crippen LogP contribution < -0.4 is 20.5 Å². The van der Waals surface area contributed by atoms with Gasteiger partial charge in [0.05, 0.1) is 19.3 Å². The number of hydrogen-bond donors (Lipinski definition) is 3. The fraction of sp³-hybridized carbons (Fsp3) is 0.625. The molecule has 3 unspecified atom stereocenters. The molecule has 3 atom stereocenters. The first-order chi connectivity index (χ1) is 10.1. The molecule has 0 radical (unpaired) electrons. The number of rotatable bonds is 6. The first kappa shape index (κ1) is 16.1. The molecular formula is C16H26N2O3. The SMILES string of the molecule is CC(O)CC(C)NC(CN)c1ccc2c(c1)OCCCO2. The monoisotopic (exact) mass is 294 g/mol. The van der Waals surface area contributed by atoms with E-state index < -0.39 is 0 Å². The number of hydrogen-bond acceptors (Lipinski definition) is 5. The second kappa shape index (κ2) is 7.64. The summed E-state index contributed by atoms with van der Waals surface area (Å²) in [4.78, 5) is 0. The van der Waals surface area contributed by atoms with Gasteiger partial charge in [0.25, 0.3) is 0 Å². The van der Waals surface area contributed by atoms with Crippen LogP contribution in [0.5, 0.6) is 11.5 Å². The summed E-state index contributed by atoms with van der Waals surface area (Å²) < 4.78 is 11.4. The fourth-order valence-electron chi connectivity index (χ4n) is 2.62. The Bertz CT molecular complexity index is 451. The van der Waals surface area contributed by atoms with Crippen molar-refractivity contribution in [3.05, 3.63) is 23.8 Å². The Morgan fingerprint density at radius 2 is 1.95 bits per heavy atom. The molecule has 118 valence electrons. The van der Waals surface area contributed by atoms with E-state index in [1.54, 1.807) is 6.92 Å². The van der Waals surface area contributed by atoms with E-state index >= 15 is 0 Å². The predicted octanol–water partition coefficient (Wildman–Crippen LogP) is 1.60. The first-order valence-corrected chi connectivity index (χ1v) is 7.64. The zero-order chi connectivity index (χ0) is 15.2. The molecule has 0 fully saturated rings. The minimum absolute atomic E-state index is 0.0379. The minimum atomic E-state index is -0.324. The third-order valence-corrected chi connectivity index (χ3v) is 3.59. The zero-order valence-corrected chi connectivity index (χ0v) is 12.8. The molecule has 0 aliphatic carbocycles. The molecule has 1 heterocycles. The Hall–Kier alpha value is -1.30. The summed E-state index contributed by atoms with van der Waals surface area (Å²) in [5.41, 5.74) is 6.98. The van der Waals surface area contributed by atoms with Gasteiger partial charge in [-0.1, -0.05) is 6.07 Å². The number of fused-ring (bicyclic) bond motifs is 1. The van der Waals surface area contributed by atoms with Gasteiger partial charge in [0, 0.05) is 25.0 Å². The molecule has 1 aliphatic rings. The van der Waals surface area contributed by atoms with E-state index in [1.807, 2.05) is 18.2 Å². The van der Waals surface area contributed by atoms with Crippen molar-refractivity contribution in [2.45, 2.75) is 44.9 Å². The third kappa shape index (κ3) is 4.59. The third-order valence-electron chi connectivity index (χ3n) is 3.59. The largest absolute Gasteiger partial charge is 0.490 e. The zero-order valence-electron chi connectivity index (χ0n) is 12.8. The summed E-state index contributed by atoms with van der Waals surface area (Å²) in [5, 5.41) is 12.9. The topological polar surface area (TPSA) is 76.7 Å². The fourth-order valence-corrected chi connectivity index (χ4v) is 2.62. The highest BCUT2D eigenvalue weighted by Crippen LogP contribution is 2.32. The molecule has 0 aromatic heterocycles. The lowest BCUT2D eigenvalue weighted by molar-refractivity contribution is 0.168. The first-order valence-electron chi connectivity index (χ1n) is 7.64. The molecule has 1 aromatic carbocycles. The van der Waals surface area contributed by atoms with E-state index in [0.717, 1.165) is 23.5 Å². The molecule has 5 heteroatoms. The summed E-state index contributed by atoms with van der Waals surface area (Å²) in [7, 11) is 0. The Balaban J connectivity index is 2.09. The quantitative estimate of drug-likeness (QED) is 0.743. The van der Waals surface area contributed by atoms with Crippen molar-refractivity contribution in [1.29, 1.82) is 0 Å². The number of benzene rings is 1. The van der Waals surface area contributed by atoms with Crippen LogP contribution in [0.15, 0.2) is 18.2 Å². The van der Waals surface area contributed by atoms with Crippen molar-refractivity contribution in [1.82, 2.24) is 5.32 Å². The van der Waals surface area contributed by atoms with Gasteiger partial charge < -0.3 is 25.6 Å². The van der Waals surface area contributed by atoms with Crippen molar-refractivity contribution >= 4 is 0 Å². The maximum Gasteiger partial charge on any atom is 0.161 e. The number of ether oxygens (including phenoxy) is 2. The number of aliphatic hydroxyl groups is 1. The average molecular weight is 294 g/mol.